The highest BCUT2D eigenvalue weighted by atomic mass is 16.4. The molecule has 4 nitrogen and oxygen atoms in total. The van der Waals surface area contributed by atoms with E-state index in [4.69, 9.17) is 5.11 Å². The van der Waals surface area contributed by atoms with Crippen LogP contribution >= 0.6 is 0 Å². The van der Waals surface area contributed by atoms with Gasteiger partial charge in [-0.05, 0) is 55.9 Å². The van der Waals surface area contributed by atoms with Crippen LogP contribution in [-0.2, 0) is 16.0 Å². The first-order chi connectivity index (χ1) is 9.40. The fourth-order valence-corrected chi connectivity index (χ4v) is 2.80. The van der Waals surface area contributed by atoms with E-state index in [9.17, 15) is 9.59 Å². The van der Waals surface area contributed by atoms with Gasteiger partial charge in [0.05, 0.1) is 6.42 Å². The third kappa shape index (κ3) is 2.84. The normalized spacial score (nSPS) is 18.4. The maximum atomic E-state index is 12.3. The molecular weight excluding hydrogens is 254 g/mol. The van der Waals surface area contributed by atoms with Gasteiger partial charge in [-0.3, -0.25) is 4.79 Å². The van der Waals surface area contributed by atoms with Gasteiger partial charge in [0.15, 0.2) is 0 Å². The second-order valence-electron chi connectivity index (χ2n) is 5.62. The molecule has 108 valence electrons. The van der Waals surface area contributed by atoms with Crippen LogP contribution in [0, 0.1) is 20.8 Å². The monoisotopic (exact) mass is 275 g/mol. The number of carboxylic acids is 1. The highest BCUT2D eigenvalue weighted by molar-refractivity contribution is 5.85. The van der Waals surface area contributed by atoms with E-state index in [1.807, 2.05) is 19.9 Å². The highest BCUT2D eigenvalue weighted by Gasteiger charge is 2.33. The minimum Gasteiger partial charge on any atom is -0.480 e. The zero-order chi connectivity index (χ0) is 14.9. The summed E-state index contributed by atoms with van der Waals surface area (Å²) in [6, 6.07) is 3.47. The molecule has 1 aromatic carbocycles. The van der Waals surface area contributed by atoms with Crippen molar-refractivity contribution in [1.82, 2.24) is 4.90 Å². The summed E-state index contributed by atoms with van der Waals surface area (Å²) < 4.78 is 0. The first-order valence-electron chi connectivity index (χ1n) is 6.99. The summed E-state index contributed by atoms with van der Waals surface area (Å²) in [6.45, 7) is 6.63. The van der Waals surface area contributed by atoms with Crippen molar-refractivity contribution in [3.63, 3.8) is 0 Å². The first-order valence-corrected chi connectivity index (χ1v) is 6.99. The molecule has 1 fully saturated rings. The number of likely N-dealkylation sites (tertiary alicyclic amines) is 1. The Morgan fingerprint density at radius 1 is 1.20 bits per heavy atom. The third-order valence-corrected chi connectivity index (χ3v) is 4.15. The van der Waals surface area contributed by atoms with E-state index in [0.29, 0.717) is 13.0 Å². The van der Waals surface area contributed by atoms with Gasteiger partial charge in [0.2, 0.25) is 5.91 Å². The Morgan fingerprint density at radius 2 is 1.85 bits per heavy atom. The molecule has 0 bridgehead atoms. The van der Waals surface area contributed by atoms with Crippen molar-refractivity contribution < 1.29 is 14.7 Å². The van der Waals surface area contributed by atoms with Crippen LogP contribution in [0.15, 0.2) is 12.1 Å². The minimum absolute atomic E-state index is 0.0822. The topological polar surface area (TPSA) is 57.6 Å². The number of hydrogen-bond donors (Lipinski definition) is 1. The summed E-state index contributed by atoms with van der Waals surface area (Å²) in [5.74, 6) is -0.978. The molecule has 1 atom stereocenters. The van der Waals surface area contributed by atoms with E-state index >= 15 is 0 Å². The molecule has 0 saturated carbocycles. The van der Waals surface area contributed by atoms with Crippen molar-refractivity contribution >= 4 is 11.9 Å². The SMILES string of the molecule is Cc1cc(C)c(CC(=O)N2CCC[C@H]2C(=O)O)cc1C. The summed E-state index contributed by atoms with van der Waals surface area (Å²) in [7, 11) is 0. The fraction of sp³-hybridized carbons (Fsp3) is 0.500. The van der Waals surface area contributed by atoms with Gasteiger partial charge < -0.3 is 10.0 Å². The van der Waals surface area contributed by atoms with Gasteiger partial charge in [0.1, 0.15) is 6.04 Å². The number of carbonyl (C=O) groups is 2. The maximum absolute atomic E-state index is 12.3. The molecule has 1 saturated heterocycles. The lowest BCUT2D eigenvalue weighted by atomic mass is 9.98. The Kier molecular flexibility index (Phi) is 4.12. The third-order valence-electron chi connectivity index (χ3n) is 4.15. The Balaban J connectivity index is 2.16. The van der Waals surface area contributed by atoms with Crippen LogP contribution in [0.3, 0.4) is 0 Å². The largest absolute Gasteiger partial charge is 0.480 e. The van der Waals surface area contributed by atoms with Crippen LogP contribution in [-0.4, -0.2) is 34.5 Å². The second kappa shape index (κ2) is 5.65. The molecule has 1 aliphatic rings. The molecule has 20 heavy (non-hydrogen) atoms. The smallest absolute Gasteiger partial charge is 0.326 e. The van der Waals surface area contributed by atoms with Gasteiger partial charge in [-0.1, -0.05) is 12.1 Å². The fourth-order valence-electron chi connectivity index (χ4n) is 2.80. The van der Waals surface area contributed by atoms with E-state index in [0.717, 1.165) is 23.1 Å². The minimum atomic E-state index is -0.896. The van der Waals surface area contributed by atoms with E-state index in [2.05, 4.69) is 13.0 Å². The average molecular weight is 275 g/mol. The second-order valence-corrected chi connectivity index (χ2v) is 5.62. The van der Waals surface area contributed by atoms with Crippen molar-refractivity contribution in [1.29, 1.82) is 0 Å². The Bertz CT molecular complexity index is 551. The van der Waals surface area contributed by atoms with Crippen LogP contribution in [0.5, 0.6) is 0 Å². The van der Waals surface area contributed by atoms with Crippen molar-refractivity contribution in [3.05, 3.63) is 34.4 Å². The van der Waals surface area contributed by atoms with Gasteiger partial charge in [0.25, 0.3) is 0 Å². The number of benzene rings is 1. The lowest BCUT2D eigenvalue weighted by molar-refractivity contribution is -0.148. The van der Waals surface area contributed by atoms with Crippen molar-refractivity contribution in [2.24, 2.45) is 0 Å². The Hall–Kier alpha value is -1.84. The lowest BCUT2D eigenvalue weighted by Gasteiger charge is -2.22. The van der Waals surface area contributed by atoms with E-state index in [1.54, 1.807) is 0 Å². The molecule has 1 heterocycles. The number of carbonyl (C=O) groups excluding carboxylic acids is 1. The van der Waals surface area contributed by atoms with Crippen LogP contribution in [0.2, 0.25) is 0 Å². The van der Waals surface area contributed by atoms with E-state index in [1.165, 1.54) is 10.5 Å². The van der Waals surface area contributed by atoms with Crippen molar-refractivity contribution in [3.8, 4) is 0 Å². The molecule has 1 N–H and O–H groups in total. The molecule has 0 aromatic heterocycles. The number of rotatable bonds is 3. The predicted octanol–water partition coefficient (Wildman–Crippen LogP) is 2.23. The molecule has 2 rings (SSSR count). The summed E-state index contributed by atoms with van der Waals surface area (Å²) in [4.78, 5) is 25.0. The Morgan fingerprint density at radius 3 is 2.50 bits per heavy atom. The molecule has 0 radical (unpaired) electrons. The summed E-state index contributed by atoms with van der Waals surface area (Å²) in [6.07, 6.45) is 1.62. The standard InChI is InChI=1S/C16H21NO3/c1-10-7-12(3)13(8-11(10)2)9-15(18)17-6-4-5-14(17)16(19)20/h7-8,14H,4-6,9H2,1-3H3,(H,19,20)/t14-/m0/s1. The number of carboxylic acid groups (broad SMARTS) is 1. The number of nitrogens with zero attached hydrogens (tertiary/aromatic N) is 1. The Labute approximate surface area is 119 Å². The summed E-state index contributed by atoms with van der Waals surface area (Å²) in [5.41, 5.74) is 4.46. The number of hydrogen-bond acceptors (Lipinski definition) is 2. The van der Waals surface area contributed by atoms with Crippen LogP contribution in [0.4, 0.5) is 0 Å². The number of aliphatic carboxylic acids is 1. The van der Waals surface area contributed by atoms with Crippen LogP contribution < -0.4 is 0 Å². The zero-order valence-corrected chi connectivity index (χ0v) is 12.3. The maximum Gasteiger partial charge on any atom is 0.326 e. The average Bonchev–Trinajstić information content (AvgIpc) is 2.85. The highest BCUT2D eigenvalue weighted by Crippen LogP contribution is 2.21. The van der Waals surface area contributed by atoms with Crippen molar-refractivity contribution in [2.45, 2.75) is 46.1 Å². The zero-order valence-electron chi connectivity index (χ0n) is 12.3. The van der Waals surface area contributed by atoms with Crippen molar-refractivity contribution in [2.75, 3.05) is 6.54 Å². The predicted molar refractivity (Wildman–Crippen MR) is 76.7 cm³/mol. The van der Waals surface area contributed by atoms with Gasteiger partial charge in [-0.15, -0.1) is 0 Å². The molecule has 1 aromatic rings. The van der Waals surface area contributed by atoms with E-state index < -0.39 is 12.0 Å². The molecule has 4 heteroatoms. The number of amides is 1. The van der Waals surface area contributed by atoms with E-state index in [-0.39, 0.29) is 12.3 Å². The molecule has 0 aliphatic carbocycles. The van der Waals surface area contributed by atoms with Crippen LogP contribution in [0.1, 0.15) is 35.1 Å². The molecule has 0 unspecified atom stereocenters. The molecule has 1 amide bonds. The van der Waals surface area contributed by atoms with Gasteiger partial charge in [0, 0.05) is 6.54 Å². The number of aryl methyl sites for hydroxylation is 3. The van der Waals surface area contributed by atoms with Gasteiger partial charge in [-0.2, -0.15) is 0 Å². The first kappa shape index (κ1) is 14.6. The quantitative estimate of drug-likeness (QED) is 0.920. The van der Waals surface area contributed by atoms with Crippen LogP contribution in [0.25, 0.3) is 0 Å². The van der Waals surface area contributed by atoms with Gasteiger partial charge >= 0.3 is 5.97 Å². The molecule has 1 aliphatic heterocycles. The molecular formula is C16H21NO3. The summed E-state index contributed by atoms with van der Waals surface area (Å²) in [5, 5.41) is 9.14. The molecule has 0 spiro atoms. The summed E-state index contributed by atoms with van der Waals surface area (Å²) >= 11 is 0. The lowest BCUT2D eigenvalue weighted by Crippen LogP contribution is -2.41. The van der Waals surface area contributed by atoms with Gasteiger partial charge in [-0.25, -0.2) is 4.79 Å².